The van der Waals surface area contributed by atoms with Crippen LogP contribution in [0.3, 0.4) is 0 Å². The summed E-state index contributed by atoms with van der Waals surface area (Å²) in [5, 5.41) is 6.85. The summed E-state index contributed by atoms with van der Waals surface area (Å²) in [5.74, 6) is 0.747. The Morgan fingerprint density at radius 3 is 2.52 bits per heavy atom. The molecule has 2 aliphatic heterocycles. The zero-order valence-corrected chi connectivity index (χ0v) is 15.6. The van der Waals surface area contributed by atoms with Gasteiger partial charge >= 0.3 is 0 Å². The monoisotopic (exact) mass is 321 g/mol. The summed E-state index contributed by atoms with van der Waals surface area (Å²) in [6.45, 7) is 14.3. The molecule has 2 N–H and O–H groups in total. The second-order valence-corrected chi connectivity index (χ2v) is 8.68. The van der Waals surface area contributed by atoms with Crippen LogP contribution in [-0.4, -0.2) is 47.6 Å². The third-order valence-electron chi connectivity index (χ3n) is 5.13. The maximum absolute atomic E-state index is 11.7. The normalized spacial score (nSPS) is 28.3. The number of carbonyl (C=O) groups excluding carboxylic acids is 1. The van der Waals surface area contributed by atoms with E-state index in [4.69, 9.17) is 0 Å². The largest absolute Gasteiger partial charge is 0.356 e. The number of nitrogens with one attached hydrogen (secondary N) is 2. The summed E-state index contributed by atoms with van der Waals surface area (Å²) in [6.07, 6.45) is 7.96. The number of rotatable bonds is 5. The lowest BCUT2D eigenvalue weighted by molar-refractivity contribution is -0.120. The summed E-state index contributed by atoms with van der Waals surface area (Å²) in [7, 11) is 0. The Hall–Kier alpha value is -0.870. The first-order valence-corrected chi connectivity index (χ1v) is 9.12. The number of carbonyl (C=O) groups is 1. The van der Waals surface area contributed by atoms with Gasteiger partial charge in [-0.15, -0.1) is 0 Å². The summed E-state index contributed by atoms with van der Waals surface area (Å²) in [5.41, 5.74) is 0.399. The molecule has 0 aromatic heterocycles. The van der Waals surface area contributed by atoms with Crippen LogP contribution in [0.2, 0.25) is 0 Å². The van der Waals surface area contributed by atoms with E-state index in [0.717, 1.165) is 13.1 Å². The zero-order chi connectivity index (χ0) is 17.1. The third-order valence-corrected chi connectivity index (χ3v) is 5.13. The second kappa shape index (κ2) is 7.35. The van der Waals surface area contributed by atoms with Gasteiger partial charge in [-0.1, -0.05) is 12.2 Å². The predicted molar refractivity (Wildman–Crippen MR) is 96.4 cm³/mol. The van der Waals surface area contributed by atoms with E-state index in [1.54, 1.807) is 0 Å². The van der Waals surface area contributed by atoms with Gasteiger partial charge < -0.3 is 10.6 Å². The Kier molecular flexibility index (Phi) is 5.90. The Morgan fingerprint density at radius 1 is 1.26 bits per heavy atom. The lowest BCUT2D eigenvalue weighted by Gasteiger charge is -2.49. The van der Waals surface area contributed by atoms with Gasteiger partial charge in [0.15, 0.2) is 0 Å². The van der Waals surface area contributed by atoms with E-state index >= 15 is 0 Å². The molecule has 4 heteroatoms. The maximum Gasteiger partial charge on any atom is 0.223 e. The van der Waals surface area contributed by atoms with Crippen molar-refractivity contribution < 1.29 is 4.79 Å². The number of amides is 1. The molecule has 0 aromatic carbocycles. The Labute approximate surface area is 142 Å². The molecule has 2 aliphatic rings. The lowest BCUT2D eigenvalue weighted by Crippen LogP contribution is -2.62. The first kappa shape index (κ1) is 18.5. The van der Waals surface area contributed by atoms with Crippen molar-refractivity contribution in [3.8, 4) is 0 Å². The molecule has 2 saturated heterocycles. The van der Waals surface area contributed by atoms with Crippen LogP contribution in [0.15, 0.2) is 12.2 Å². The van der Waals surface area contributed by atoms with Crippen molar-refractivity contribution in [1.29, 1.82) is 0 Å². The van der Waals surface area contributed by atoms with Gasteiger partial charge in [0.1, 0.15) is 0 Å². The van der Waals surface area contributed by atoms with Gasteiger partial charge in [0.25, 0.3) is 0 Å². The van der Waals surface area contributed by atoms with Crippen molar-refractivity contribution in [2.45, 2.75) is 77.4 Å². The Bertz CT molecular complexity index is 426. The number of allylic oxidation sites excluding steroid dienone is 1. The minimum atomic E-state index is 0.144. The highest BCUT2D eigenvalue weighted by Crippen LogP contribution is 2.33. The van der Waals surface area contributed by atoms with E-state index in [-0.39, 0.29) is 17.0 Å². The molecule has 2 heterocycles. The second-order valence-electron chi connectivity index (χ2n) is 8.68. The maximum atomic E-state index is 11.7. The molecule has 2 rings (SSSR count). The van der Waals surface area contributed by atoms with Gasteiger partial charge in [0.05, 0.1) is 0 Å². The van der Waals surface area contributed by atoms with E-state index < -0.39 is 0 Å². The molecule has 0 spiro atoms. The fourth-order valence-corrected chi connectivity index (χ4v) is 4.44. The minimum Gasteiger partial charge on any atom is -0.356 e. The van der Waals surface area contributed by atoms with Gasteiger partial charge in [0, 0.05) is 36.6 Å². The van der Waals surface area contributed by atoms with Gasteiger partial charge in [-0.3, -0.25) is 9.69 Å². The Balaban J connectivity index is 1.81. The number of hydrogen-bond acceptors (Lipinski definition) is 3. The first-order chi connectivity index (χ1) is 10.7. The van der Waals surface area contributed by atoms with Crippen LogP contribution < -0.4 is 10.6 Å². The number of nitrogens with zero attached hydrogens (tertiary/aromatic N) is 1. The van der Waals surface area contributed by atoms with Crippen molar-refractivity contribution in [2.24, 2.45) is 5.92 Å². The van der Waals surface area contributed by atoms with E-state index in [1.807, 2.05) is 19.1 Å². The molecule has 0 saturated carbocycles. The van der Waals surface area contributed by atoms with Crippen molar-refractivity contribution in [1.82, 2.24) is 15.5 Å². The van der Waals surface area contributed by atoms with Crippen molar-refractivity contribution >= 4 is 5.91 Å². The highest BCUT2D eigenvalue weighted by atomic mass is 16.1. The summed E-state index contributed by atoms with van der Waals surface area (Å²) in [6, 6.07) is 0.657. The molecule has 1 atom stereocenters. The quantitative estimate of drug-likeness (QED) is 0.765. The predicted octanol–water partition coefficient (Wildman–Crippen LogP) is 2.70. The summed E-state index contributed by atoms with van der Waals surface area (Å²) in [4.78, 5) is 14.4. The first-order valence-electron chi connectivity index (χ1n) is 9.12. The number of hydrogen-bond donors (Lipinski definition) is 2. The molecular formula is C19H35N3O. The van der Waals surface area contributed by atoms with Crippen molar-refractivity contribution in [3.63, 3.8) is 0 Å². The fraction of sp³-hybridized carbons (Fsp3) is 0.842. The topological polar surface area (TPSA) is 44.4 Å². The highest BCUT2D eigenvalue weighted by Gasteiger charge is 2.41. The average molecular weight is 322 g/mol. The molecule has 0 aromatic rings. The van der Waals surface area contributed by atoms with Gasteiger partial charge in [-0.05, 0) is 66.3 Å². The van der Waals surface area contributed by atoms with Crippen molar-refractivity contribution in [3.05, 3.63) is 12.2 Å². The molecule has 2 fully saturated rings. The fourth-order valence-electron chi connectivity index (χ4n) is 4.44. The van der Waals surface area contributed by atoms with Crippen LogP contribution in [0.4, 0.5) is 0 Å². The summed E-state index contributed by atoms with van der Waals surface area (Å²) < 4.78 is 0. The average Bonchev–Trinajstić information content (AvgIpc) is 2.88. The molecule has 0 radical (unpaired) electrons. The van der Waals surface area contributed by atoms with E-state index in [1.165, 1.54) is 25.8 Å². The molecule has 23 heavy (non-hydrogen) atoms. The van der Waals surface area contributed by atoms with Crippen LogP contribution in [0, 0.1) is 5.92 Å². The third kappa shape index (κ3) is 5.61. The van der Waals surface area contributed by atoms with Crippen LogP contribution in [0.5, 0.6) is 0 Å². The standard InChI is InChI=1S/C19H35N3O/c1-6-7-8-17(23)20-13-15-9-10-22(14-15)16-11-18(2,3)21-19(4,5)12-16/h6-7,15-16,21H,8-14H2,1-5H3,(H,20,23)/b7-6+/t15-/m0/s1. The molecule has 0 unspecified atom stereocenters. The van der Waals surface area contributed by atoms with Crippen LogP contribution in [0.25, 0.3) is 0 Å². The highest BCUT2D eigenvalue weighted by molar-refractivity contribution is 5.77. The molecule has 0 bridgehead atoms. The SMILES string of the molecule is C/C=C/CC(=O)NC[C@@H]1CCN(C2CC(C)(C)NC(C)(C)C2)C1. The van der Waals surface area contributed by atoms with Crippen LogP contribution >= 0.6 is 0 Å². The lowest BCUT2D eigenvalue weighted by atomic mass is 9.79. The summed E-state index contributed by atoms with van der Waals surface area (Å²) >= 11 is 0. The van der Waals surface area contributed by atoms with E-state index in [2.05, 4.69) is 43.2 Å². The Morgan fingerprint density at radius 2 is 1.91 bits per heavy atom. The van der Waals surface area contributed by atoms with Gasteiger partial charge in [0.2, 0.25) is 5.91 Å². The molecule has 0 aliphatic carbocycles. The van der Waals surface area contributed by atoms with E-state index in [9.17, 15) is 4.79 Å². The smallest absolute Gasteiger partial charge is 0.223 e. The molecular weight excluding hydrogens is 286 g/mol. The van der Waals surface area contributed by atoms with Gasteiger partial charge in [-0.2, -0.15) is 0 Å². The van der Waals surface area contributed by atoms with Crippen molar-refractivity contribution in [2.75, 3.05) is 19.6 Å². The van der Waals surface area contributed by atoms with Crippen LogP contribution in [0.1, 0.15) is 60.3 Å². The van der Waals surface area contributed by atoms with Crippen LogP contribution in [-0.2, 0) is 4.79 Å². The molecule has 132 valence electrons. The molecule has 1 amide bonds. The molecule has 4 nitrogen and oxygen atoms in total. The zero-order valence-electron chi connectivity index (χ0n) is 15.6. The number of piperidine rings is 1. The van der Waals surface area contributed by atoms with Gasteiger partial charge in [-0.25, -0.2) is 0 Å². The minimum absolute atomic E-state index is 0.144. The number of likely N-dealkylation sites (tertiary alicyclic amines) is 1. The van der Waals surface area contributed by atoms with E-state index in [0.29, 0.717) is 18.4 Å².